The topological polar surface area (TPSA) is 44.8 Å². The van der Waals surface area contributed by atoms with Crippen LogP contribution in [0.4, 0.5) is 0 Å². The molecule has 0 aromatic heterocycles. The molecule has 2 aromatic carbocycles. The Balaban J connectivity index is 1.44. The van der Waals surface area contributed by atoms with Crippen molar-refractivity contribution in [1.29, 1.82) is 0 Å². The minimum absolute atomic E-state index is 0.0706. The van der Waals surface area contributed by atoms with Crippen LogP contribution in [-0.4, -0.2) is 25.8 Å². The largest absolute Gasteiger partial charge is 0.497 e. The predicted molar refractivity (Wildman–Crippen MR) is 91.2 cm³/mol. The Labute approximate surface area is 142 Å². The first-order valence-electron chi connectivity index (χ1n) is 8.26. The van der Waals surface area contributed by atoms with E-state index < -0.39 is 0 Å². The Morgan fingerprint density at radius 1 is 1.17 bits per heavy atom. The number of carbonyl (C=O) groups is 1. The molecule has 1 atom stereocenters. The second-order valence-corrected chi connectivity index (χ2v) is 5.93. The predicted octanol–water partition coefficient (Wildman–Crippen LogP) is 3.77. The van der Waals surface area contributed by atoms with E-state index >= 15 is 0 Å². The molecular weight excluding hydrogens is 304 g/mol. The Morgan fingerprint density at radius 3 is 2.79 bits per heavy atom. The van der Waals surface area contributed by atoms with E-state index in [-0.39, 0.29) is 12.1 Å². The number of hydrogen-bond donors (Lipinski definition) is 0. The van der Waals surface area contributed by atoms with Gasteiger partial charge in [-0.1, -0.05) is 36.4 Å². The molecule has 0 radical (unpaired) electrons. The number of ether oxygens (including phenoxy) is 3. The second kappa shape index (κ2) is 7.97. The van der Waals surface area contributed by atoms with Gasteiger partial charge in [-0.05, 0) is 36.1 Å². The van der Waals surface area contributed by atoms with E-state index in [1.807, 2.05) is 42.5 Å². The molecule has 24 heavy (non-hydrogen) atoms. The van der Waals surface area contributed by atoms with Gasteiger partial charge < -0.3 is 14.2 Å². The van der Waals surface area contributed by atoms with Gasteiger partial charge in [0.15, 0.2) is 0 Å². The maximum Gasteiger partial charge on any atom is 0.338 e. The highest BCUT2D eigenvalue weighted by molar-refractivity contribution is 5.92. The van der Waals surface area contributed by atoms with E-state index in [9.17, 15) is 4.79 Å². The van der Waals surface area contributed by atoms with Gasteiger partial charge in [0.25, 0.3) is 0 Å². The number of esters is 1. The summed E-state index contributed by atoms with van der Waals surface area (Å²) in [5.41, 5.74) is 2.82. The average Bonchev–Trinajstić information content (AvgIpc) is 2.62. The zero-order valence-corrected chi connectivity index (χ0v) is 13.9. The lowest BCUT2D eigenvalue weighted by molar-refractivity contribution is 0.0200. The molecule has 1 heterocycles. The fraction of sp³-hybridized carbons (Fsp3) is 0.350. The number of cyclic esters (lactones) is 1. The molecular formula is C20H22O4. The molecule has 0 amide bonds. The van der Waals surface area contributed by atoms with Crippen molar-refractivity contribution < 1.29 is 19.0 Å². The highest BCUT2D eigenvalue weighted by Crippen LogP contribution is 2.26. The summed E-state index contributed by atoms with van der Waals surface area (Å²) in [4.78, 5) is 12.1. The molecule has 2 aromatic rings. The number of rotatable bonds is 7. The zero-order valence-electron chi connectivity index (χ0n) is 13.9. The Morgan fingerprint density at radius 2 is 2.00 bits per heavy atom. The third-order valence-corrected chi connectivity index (χ3v) is 4.18. The van der Waals surface area contributed by atoms with Crippen LogP contribution in [0.25, 0.3) is 0 Å². The lowest BCUT2D eigenvalue weighted by atomic mass is 9.96. The molecule has 1 aliphatic rings. The first-order valence-corrected chi connectivity index (χ1v) is 8.26. The highest BCUT2D eigenvalue weighted by Gasteiger charge is 2.26. The van der Waals surface area contributed by atoms with Gasteiger partial charge in [-0.25, -0.2) is 4.79 Å². The van der Waals surface area contributed by atoms with Crippen molar-refractivity contribution in [3.63, 3.8) is 0 Å². The summed E-state index contributed by atoms with van der Waals surface area (Å²) in [6.07, 6.45) is 2.37. The Bertz CT molecular complexity index is 681. The van der Waals surface area contributed by atoms with Crippen molar-refractivity contribution in [2.45, 2.75) is 32.0 Å². The van der Waals surface area contributed by atoms with Crippen molar-refractivity contribution in [2.75, 3.05) is 13.7 Å². The smallest absolute Gasteiger partial charge is 0.338 e. The number of fused-ring (bicyclic) bond motifs is 1. The monoisotopic (exact) mass is 326 g/mol. The van der Waals surface area contributed by atoms with Gasteiger partial charge in [-0.15, -0.1) is 0 Å². The molecule has 0 aliphatic carbocycles. The molecule has 1 aliphatic heterocycles. The van der Waals surface area contributed by atoms with E-state index in [4.69, 9.17) is 14.2 Å². The van der Waals surface area contributed by atoms with E-state index in [1.54, 1.807) is 13.2 Å². The summed E-state index contributed by atoms with van der Waals surface area (Å²) in [5.74, 6) is 0.420. The molecule has 4 nitrogen and oxygen atoms in total. The number of methoxy groups -OCH3 is 1. The fourth-order valence-electron chi connectivity index (χ4n) is 2.89. The third kappa shape index (κ3) is 4.15. The van der Waals surface area contributed by atoms with E-state index in [0.29, 0.717) is 24.5 Å². The fourth-order valence-corrected chi connectivity index (χ4v) is 2.89. The molecule has 126 valence electrons. The van der Waals surface area contributed by atoms with Gasteiger partial charge in [0, 0.05) is 13.0 Å². The van der Waals surface area contributed by atoms with Gasteiger partial charge >= 0.3 is 5.97 Å². The van der Waals surface area contributed by atoms with Crippen LogP contribution in [-0.2, 0) is 22.5 Å². The van der Waals surface area contributed by atoms with Gasteiger partial charge in [0.1, 0.15) is 11.9 Å². The summed E-state index contributed by atoms with van der Waals surface area (Å²) in [6.45, 7) is 1.28. The van der Waals surface area contributed by atoms with Crippen LogP contribution >= 0.6 is 0 Å². The first-order chi connectivity index (χ1) is 11.8. The number of carbonyl (C=O) groups excluding carboxylic acids is 1. The van der Waals surface area contributed by atoms with E-state index in [0.717, 1.165) is 24.8 Å². The molecule has 4 heteroatoms. The standard InChI is InChI=1S/C20H22O4/c1-22-17-10-9-16-12-18(24-20(21)19(16)13-17)8-5-11-23-14-15-6-3-2-4-7-15/h2-4,6-7,9-10,13,18H,5,8,11-12,14H2,1H3. The molecule has 3 rings (SSSR count). The van der Waals surface area contributed by atoms with Crippen molar-refractivity contribution in [2.24, 2.45) is 0 Å². The van der Waals surface area contributed by atoms with Crippen LogP contribution in [0.2, 0.25) is 0 Å². The lowest BCUT2D eigenvalue weighted by Gasteiger charge is -2.25. The van der Waals surface area contributed by atoms with Gasteiger partial charge in [-0.3, -0.25) is 0 Å². The second-order valence-electron chi connectivity index (χ2n) is 5.93. The van der Waals surface area contributed by atoms with Crippen molar-refractivity contribution >= 4 is 5.97 Å². The third-order valence-electron chi connectivity index (χ3n) is 4.18. The molecule has 0 spiro atoms. The summed E-state index contributed by atoms with van der Waals surface area (Å²) < 4.78 is 16.4. The van der Waals surface area contributed by atoms with E-state index in [2.05, 4.69) is 0 Å². The minimum atomic E-state index is -0.259. The Hall–Kier alpha value is -2.33. The highest BCUT2D eigenvalue weighted by atomic mass is 16.5. The van der Waals surface area contributed by atoms with Crippen LogP contribution in [0.3, 0.4) is 0 Å². The van der Waals surface area contributed by atoms with Crippen LogP contribution in [0, 0.1) is 0 Å². The van der Waals surface area contributed by atoms with Gasteiger partial charge in [0.2, 0.25) is 0 Å². The molecule has 1 unspecified atom stereocenters. The number of hydrogen-bond acceptors (Lipinski definition) is 4. The summed E-state index contributed by atoms with van der Waals surface area (Å²) in [5, 5.41) is 0. The maximum atomic E-state index is 12.1. The Kier molecular flexibility index (Phi) is 5.49. The maximum absolute atomic E-state index is 12.1. The van der Waals surface area contributed by atoms with Gasteiger partial charge in [0.05, 0.1) is 19.3 Å². The van der Waals surface area contributed by atoms with Crippen LogP contribution in [0.1, 0.15) is 34.3 Å². The quantitative estimate of drug-likeness (QED) is 0.574. The van der Waals surface area contributed by atoms with Crippen molar-refractivity contribution in [1.82, 2.24) is 0 Å². The lowest BCUT2D eigenvalue weighted by Crippen LogP contribution is -2.28. The first kappa shape index (κ1) is 16.5. The molecule has 0 bridgehead atoms. The van der Waals surface area contributed by atoms with Gasteiger partial charge in [-0.2, -0.15) is 0 Å². The van der Waals surface area contributed by atoms with E-state index in [1.165, 1.54) is 5.56 Å². The molecule has 0 fully saturated rings. The van der Waals surface area contributed by atoms with Crippen molar-refractivity contribution in [3.05, 3.63) is 65.2 Å². The summed E-state index contributed by atoms with van der Waals surface area (Å²) in [7, 11) is 1.59. The van der Waals surface area contributed by atoms with Crippen LogP contribution < -0.4 is 4.74 Å². The van der Waals surface area contributed by atoms with Crippen LogP contribution in [0.15, 0.2) is 48.5 Å². The minimum Gasteiger partial charge on any atom is -0.497 e. The van der Waals surface area contributed by atoms with Crippen LogP contribution in [0.5, 0.6) is 5.75 Å². The molecule has 0 N–H and O–H groups in total. The van der Waals surface area contributed by atoms with Crippen molar-refractivity contribution in [3.8, 4) is 5.75 Å². The summed E-state index contributed by atoms with van der Waals surface area (Å²) in [6, 6.07) is 15.7. The molecule has 0 saturated heterocycles. The zero-order chi connectivity index (χ0) is 16.8. The SMILES string of the molecule is COc1ccc2c(c1)C(=O)OC(CCCOCc1ccccc1)C2. The number of benzene rings is 2. The summed E-state index contributed by atoms with van der Waals surface area (Å²) >= 11 is 0. The average molecular weight is 326 g/mol. The normalized spacial score (nSPS) is 16.4. The molecule has 0 saturated carbocycles.